The van der Waals surface area contributed by atoms with E-state index in [2.05, 4.69) is 30.4 Å². The van der Waals surface area contributed by atoms with Gasteiger partial charge < -0.3 is 10.2 Å². The molecule has 4 rings (SSSR count). The Bertz CT molecular complexity index is 895. The molecule has 1 saturated heterocycles. The number of hydrogen-bond donors (Lipinski definition) is 1. The van der Waals surface area contributed by atoms with Crippen LogP contribution in [0.1, 0.15) is 49.1 Å². The Morgan fingerprint density at radius 2 is 2.07 bits per heavy atom. The normalized spacial score (nSPS) is 20.7. The number of nitriles is 1. The van der Waals surface area contributed by atoms with E-state index in [1.807, 2.05) is 18.2 Å². The fourth-order valence-electron chi connectivity index (χ4n) is 4.65. The fraction of sp³-hybridized carbons (Fsp3) is 0.522. The molecule has 0 bridgehead atoms. The van der Waals surface area contributed by atoms with Crippen LogP contribution in [0.3, 0.4) is 0 Å². The van der Waals surface area contributed by atoms with E-state index in [4.69, 9.17) is 4.98 Å². The van der Waals surface area contributed by atoms with Crippen molar-refractivity contribution in [3.05, 3.63) is 40.9 Å². The second kappa shape index (κ2) is 8.64. The molecule has 1 saturated carbocycles. The molecule has 2 heterocycles. The summed E-state index contributed by atoms with van der Waals surface area (Å²) in [7, 11) is 0. The zero-order valence-electron chi connectivity index (χ0n) is 17.0. The van der Waals surface area contributed by atoms with Crippen molar-refractivity contribution < 1.29 is 4.79 Å². The standard InChI is InChI=1S/C23H28N4OS/c1-17-20(26-22(29-17)18-8-3-2-4-9-18)14-23(11-5-6-12-23)25-16-21(28)27-13-7-10-19(27)15-24/h2-4,8-9,19,25H,5-7,10-14,16H2,1H3/t19-/m0/s1. The van der Waals surface area contributed by atoms with E-state index in [9.17, 15) is 10.1 Å². The van der Waals surface area contributed by atoms with Crippen molar-refractivity contribution in [3.63, 3.8) is 0 Å². The van der Waals surface area contributed by atoms with E-state index in [0.717, 1.165) is 48.4 Å². The van der Waals surface area contributed by atoms with Crippen LogP contribution in [0, 0.1) is 18.3 Å². The van der Waals surface area contributed by atoms with Gasteiger partial charge in [0.15, 0.2) is 0 Å². The number of benzene rings is 1. The third-order valence-electron chi connectivity index (χ3n) is 6.32. The summed E-state index contributed by atoms with van der Waals surface area (Å²) in [4.78, 5) is 20.7. The van der Waals surface area contributed by atoms with Crippen LogP contribution < -0.4 is 5.32 Å². The highest BCUT2D eigenvalue weighted by atomic mass is 32.1. The number of aryl methyl sites for hydroxylation is 1. The predicted octanol–water partition coefficient (Wildman–Crippen LogP) is 4.08. The highest BCUT2D eigenvalue weighted by Crippen LogP contribution is 2.36. The third-order valence-corrected chi connectivity index (χ3v) is 7.38. The van der Waals surface area contributed by atoms with Crippen molar-refractivity contribution >= 4 is 17.2 Å². The number of nitrogens with zero attached hydrogens (tertiary/aromatic N) is 3. The summed E-state index contributed by atoms with van der Waals surface area (Å²) in [6.45, 7) is 3.17. The molecule has 1 atom stereocenters. The van der Waals surface area contributed by atoms with Gasteiger partial charge in [0.05, 0.1) is 18.3 Å². The second-order valence-electron chi connectivity index (χ2n) is 8.28. The van der Waals surface area contributed by atoms with Gasteiger partial charge in [0, 0.05) is 28.9 Å². The van der Waals surface area contributed by atoms with Crippen LogP contribution in [0.2, 0.25) is 0 Å². The predicted molar refractivity (Wildman–Crippen MR) is 116 cm³/mol. The number of amides is 1. The van der Waals surface area contributed by atoms with E-state index in [1.54, 1.807) is 16.2 Å². The number of carbonyl (C=O) groups excluding carboxylic acids is 1. The number of likely N-dealkylation sites (tertiary alicyclic amines) is 1. The molecule has 0 spiro atoms. The van der Waals surface area contributed by atoms with Crippen LogP contribution in [0.25, 0.3) is 10.6 Å². The van der Waals surface area contributed by atoms with Gasteiger partial charge in [0.1, 0.15) is 11.0 Å². The monoisotopic (exact) mass is 408 g/mol. The highest BCUT2D eigenvalue weighted by Gasteiger charge is 2.37. The van der Waals surface area contributed by atoms with Gasteiger partial charge in [-0.1, -0.05) is 43.2 Å². The number of aromatic nitrogens is 1. The van der Waals surface area contributed by atoms with Gasteiger partial charge in [-0.25, -0.2) is 4.98 Å². The van der Waals surface area contributed by atoms with Crippen LogP contribution in [-0.2, 0) is 11.2 Å². The Kier molecular flexibility index (Phi) is 5.98. The first-order valence-electron chi connectivity index (χ1n) is 10.6. The van der Waals surface area contributed by atoms with Gasteiger partial charge in [-0.2, -0.15) is 5.26 Å². The molecule has 2 aliphatic rings. The molecule has 1 amide bonds. The summed E-state index contributed by atoms with van der Waals surface area (Å²) in [6, 6.07) is 12.3. The average molecular weight is 409 g/mol. The van der Waals surface area contributed by atoms with Crippen molar-refractivity contribution in [3.8, 4) is 16.6 Å². The Morgan fingerprint density at radius 3 is 2.79 bits per heavy atom. The largest absolute Gasteiger partial charge is 0.326 e. The first kappa shape index (κ1) is 20.1. The smallest absolute Gasteiger partial charge is 0.237 e. The summed E-state index contributed by atoms with van der Waals surface area (Å²) in [5, 5.41) is 13.9. The Labute approximate surface area is 176 Å². The molecule has 0 unspecified atom stereocenters. The number of carbonyl (C=O) groups is 1. The van der Waals surface area contributed by atoms with Gasteiger partial charge in [-0.3, -0.25) is 4.79 Å². The summed E-state index contributed by atoms with van der Waals surface area (Å²) in [6.07, 6.45) is 7.08. The van der Waals surface area contributed by atoms with Crippen LogP contribution in [0.4, 0.5) is 0 Å². The van der Waals surface area contributed by atoms with E-state index in [-0.39, 0.29) is 17.5 Å². The van der Waals surface area contributed by atoms with Gasteiger partial charge >= 0.3 is 0 Å². The fourth-order valence-corrected chi connectivity index (χ4v) is 5.58. The maximum Gasteiger partial charge on any atom is 0.237 e. The van der Waals surface area contributed by atoms with Crippen LogP contribution in [-0.4, -0.2) is 40.5 Å². The number of rotatable bonds is 6. The topological polar surface area (TPSA) is 69.0 Å². The lowest BCUT2D eigenvalue weighted by atomic mass is 9.91. The maximum atomic E-state index is 12.7. The third kappa shape index (κ3) is 4.36. The molecule has 29 heavy (non-hydrogen) atoms. The molecule has 2 fully saturated rings. The minimum atomic E-state index is -0.252. The highest BCUT2D eigenvalue weighted by molar-refractivity contribution is 7.15. The Hall–Kier alpha value is -2.23. The lowest BCUT2D eigenvalue weighted by molar-refractivity contribution is -0.130. The summed E-state index contributed by atoms with van der Waals surface area (Å²) >= 11 is 1.75. The van der Waals surface area contributed by atoms with E-state index in [0.29, 0.717) is 13.1 Å². The van der Waals surface area contributed by atoms with Crippen LogP contribution >= 0.6 is 11.3 Å². The first-order chi connectivity index (χ1) is 14.1. The molecule has 152 valence electrons. The summed E-state index contributed by atoms with van der Waals surface area (Å²) in [5.74, 6) is 0.0558. The molecular formula is C23H28N4OS. The lowest BCUT2D eigenvalue weighted by Gasteiger charge is -2.31. The van der Waals surface area contributed by atoms with Gasteiger partial charge in [-0.05, 0) is 32.6 Å². The van der Waals surface area contributed by atoms with Crippen LogP contribution in [0.5, 0.6) is 0 Å². The van der Waals surface area contributed by atoms with Gasteiger partial charge in [0.2, 0.25) is 5.91 Å². The molecule has 1 aromatic heterocycles. The van der Waals surface area contributed by atoms with E-state index in [1.165, 1.54) is 17.7 Å². The van der Waals surface area contributed by atoms with Crippen molar-refractivity contribution in [1.82, 2.24) is 15.2 Å². The quantitative estimate of drug-likeness (QED) is 0.782. The zero-order chi connectivity index (χ0) is 20.3. The summed E-state index contributed by atoms with van der Waals surface area (Å²) in [5.41, 5.74) is 2.24. The number of hydrogen-bond acceptors (Lipinski definition) is 5. The maximum absolute atomic E-state index is 12.7. The molecule has 1 aliphatic carbocycles. The van der Waals surface area contributed by atoms with Crippen molar-refractivity contribution in [2.75, 3.05) is 13.1 Å². The first-order valence-corrected chi connectivity index (χ1v) is 11.4. The Morgan fingerprint density at radius 1 is 1.31 bits per heavy atom. The van der Waals surface area contributed by atoms with E-state index < -0.39 is 0 Å². The van der Waals surface area contributed by atoms with Crippen molar-refractivity contribution in [1.29, 1.82) is 5.26 Å². The molecule has 0 radical (unpaired) electrons. The zero-order valence-corrected chi connectivity index (χ0v) is 17.8. The molecule has 1 aliphatic heterocycles. The van der Waals surface area contributed by atoms with Crippen molar-refractivity contribution in [2.24, 2.45) is 0 Å². The molecule has 5 nitrogen and oxygen atoms in total. The Balaban J connectivity index is 1.46. The average Bonchev–Trinajstić information content (AvgIpc) is 3.48. The van der Waals surface area contributed by atoms with Gasteiger partial charge in [-0.15, -0.1) is 11.3 Å². The minimum Gasteiger partial charge on any atom is -0.326 e. The number of nitrogens with one attached hydrogen (secondary N) is 1. The molecule has 6 heteroatoms. The molecule has 1 N–H and O–H groups in total. The van der Waals surface area contributed by atoms with Crippen molar-refractivity contribution in [2.45, 2.75) is 63.5 Å². The summed E-state index contributed by atoms with van der Waals surface area (Å²) < 4.78 is 0. The minimum absolute atomic E-state index is 0.0558. The molecule has 2 aromatic rings. The van der Waals surface area contributed by atoms with E-state index >= 15 is 0 Å². The number of thiazole rings is 1. The lowest BCUT2D eigenvalue weighted by Crippen LogP contribution is -2.50. The molecular weight excluding hydrogens is 380 g/mol. The molecule has 1 aromatic carbocycles. The van der Waals surface area contributed by atoms with Crippen LogP contribution in [0.15, 0.2) is 30.3 Å². The second-order valence-corrected chi connectivity index (χ2v) is 9.48. The van der Waals surface area contributed by atoms with Gasteiger partial charge in [0.25, 0.3) is 0 Å². The SMILES string of the molecule is Cc1sc(-c2ccccc2)nc1CC1(NCC(=O)N2CCC[C@H]2C#N)CCCC1.